The number of carbonyl (C=O) groups is 1. The number of rotatable bonds is 6. The van der Waals surface area contributed by atoms with Gasteiger partial charge in [-0.3, -0.25) is 9.69 Å². The average Bonchev–Trinajstić information content (AvgIpc) is 2.79. The lowest BCUT2D eigenvalue weighted by Gasteiger charge is -2.37. The Kier molecular flexibility index (Phi) is 8.61. The molecule has 1 aliphatic heterocycles. The van der Waals surface area contributed by atoms with E-state index in [9.17, 15) is 19.4 Å². The van der Waals surface area contributed by atoms with Gasteiger partial charge in [0.1, 0.15) is 23.6 Å². The number of ether oxygens (including phenoxy) is 1. The van der Waals surface area contributed by atoms with Crippen molar-refractivity contribution in [2.24, 2.45) is 5.92 Å². The first-order chi connectivity index (χ1) is 16.2. The van der Waals surface area contributed by atoms with E-state index in [0.29, 0.717) is 25.2 Å². The predicted octanol–water partition coefficient (Wildman–Crippen LogP) is 2.31. The summed E-state index contributed by atoms with van der Waals surface area (Å²) in [5.41, 5.74) is 1.61. The minimum absolute atomic E-state index is 0.0578. The molecule has 182 valence electrons. The van der Waals surface area contributed by atoms with Crippen molar-refractivity contribution in [3.05, 3.63) is 59.0 Å². The Morgan fingerprint density at radius 1 is 1.35 bits per heavy atom. The minimum Gasteiger partial charge on any atom is -0.472 e. The number of hydrogen-bond acceptors (Lipinski definition) is 6. The van der Waals surface area contributed by atoms with Crippen LogP contribution in [0.3, 0.4) is 0 Å². The zero-order valence-corrected chi connectivity index (χ0v) is 20.0. The molecule has 3 rings (SSSR count). The molecule has 2 aromatic rings. The third kappa shape index (κ3) is 6.54. The van der Waals surface area contributed by atoms with E-state index < -0.39 is 12.1 Å². The van der Waals surface area contributed by atoms with Crippen LogP contribution in [0.15, 0.2) is 36.5 Å². The third-order valence-corrected chi connectivity index (χ3v) is 5.78. The SMILES string of the molecule is C[C@H](O)C#Cc1cnc2c(c1)C(=O)N([C@H](C)CO)C[C@H](C)[C@H](CN(C)Cc1cccc(F)c1)O2. The molecule has 0 saturated carbocycles. The summed E-state index contributed by atoms with van der Waals surface area (Å²) in [5, 5.41) is 19.2. The van der Waals surface area contributed by atoms with Crippen LogP contribution in [0, 0.1) is 23.6 Å². The number of amides is 1. The van der Waals surface area contributed by atoms with Crippen LogP contribution in [0.4, 0.5) is 4.39 Å². The van der Waals surface area contributed by atoms with E-state index in [4.69, 9.17) is 4.74 Å². The zero-order valence-electron chi connectivity index (χ0n) is 20.0. The summed E-state index contributed by atoms with van der Waals surface area (Å²) >= 11 is 0. The van der Waals surface area contributed by atoms with E-state index in [1.807, 2.05) is 24.9 Å². The topological polar surface area (TPSA) is 86.1 Å². The van der Waals surface area contributed by atoms with Gasteiger partial charge in [0.2, 0.25) is 5.88 Å². The van der Waals surface area contributed by atoms with Crippen LogP contribution in [0.25, 0.3) is 0 Å². The fraction of sp³-hybridized carbons (Fsp3) is 0.462. The first kappa shape index (κ1) is 25.6. The number of nitrogens with zero attached hydrogens (tertiary/aromatic N) is 3. The van der Waals surface area contributed by atoms with Gasteiger partial charge in [-0.05, 0) is 44.7 Å². The van der Waals surface area contributed by atoms with Gasteiger partial charge in [-0.25, -0.2) is 9.37 Å². The van der Waals surface area contributed by atoms with Gasteiger partial charge >= 0.3 is 0 Å². The number of aliphatic hydroxyl groups excluding tert-OH is 2. The predicted molar refractivity (Wildman–Crippen MR) is 127 cm³/mol. The van der Waals surface area contributed by atoms with Crippen molar-refractivity contribution in [3.8, 4) is 17.7 Å². The van der Waals surface area contributed by atoms with Crippen molar-refractivity contribution in [2.75, 3.05) is 26.7 Å². The van der Waals surface area contributed by atoms with Crippen LogP contribution in [-0.2, 0) is 6.54 Å². The highest BCUT2D eigenvalue weighted by Gasteiger charge is 2.34. The molecule has 1 aliphatic rings. The maximum atomic E-state index is 13.6. The normalized spacial score (nSPS) is 19.9. The van der Waals surface area contributed by atoms with Gasteiger partial charge in [0.15, 0.2) is 0 Å². The minimum atomic E-state index is -0.807. The summed E-state index contributed by atoms with van der Waals surface area (Å²) in [5.74, 6) is 5.05. The first-order valence-corrected chi connectivity index (χ1v) is 11.4. The van der Waals surface area contributed by atoms with Crippen molar-refractivity contribution in [1.29, 1.82) is 0 Å². The molecule has 2 heterocycles. The number of benzene rings is 1. The van der Waals surface area contributed by atoms with Crippen molar-refractivity contribution in [3.63, 3.8) is 0 Å². The van der Waals surface area contributed by atoms with Crippen molar-refractivity contribution in [2.45, 2.75) is 45.6 Å². The van der Waals surface area contributed by atoms with E-state index in [-0.39, 0.29) is 41.8 Å². The molecule has 0 unspecified atom stereocenters. The summed E-state index contributed by atoms with van der Waals surface area (Å²) in [6.45, 7) is 6.63. The van der Waals surface area contributed by atoms with Gasteiger partial charge in [-0.2, -0.15) is 0 Å². The highest BCUT2D eigenvalue weighted by molar-refractivity contribution is 5.97. The number of likely N-dealkylation sites (N-methyl/N-ethyl adjacent to an activating group) is 1. The van der Waals surface area contributed by atoms with E-state index >= 15 is 0 Å². The summed E-state index contributed by atoms with van der Waals surface area (Å²) in [6, 6.07) is 7.71. The second kappa shape index (κ2) is 11.4. The number of aromatic nitrogens is 1. The Morgan fingerprint density at radius 2 is 2.12 bits per heavy atom. The first-order valence-electron chi connectivity index (χ1n) is 11.4. The Hall–Kier alpha value is -2.99. The summed E-state index contributed by atoms with van der Waals surface area (Å²) in [7, 11) is 1.93. The van der Waals surface area contributed by atoms with Crippen molar-refractivity contribution < 1.29 is 24.1 Å². The van der Waals surface area contributed by atoms with E-state index in [0.717, 1.165) is 5.56 Å². The molecule has 0 spiro atoms. The lowest BCUT2D eigenvalue weighted by molar-refractivity contribution is 0.0325. The molecule has 4 atom stereocenters. The number of hydrogen-bond donors (Lipinski definition) is 2. The Bertz CT molecular complexity index is 1070. The summed E-state index contributed by atoms with van der Waals surface area (Å²) in [4.78, 5) is 21.4. The number of aliphatic hydroxyl groups is 2. The van der Waals surface area contributed by atoms with Gasteiger partial charge < -0.3 is 19.8 Å². The Balaban J connectivity index is 1.90. The summed E-state index contributed by atoms with van der Waals surface area (Å²) < 4.78 is 19.8. The average molecular weight is 470 g/mol. The molecule has 7 nitrogen and oxygen atoms in total. The fourth-order valence-corrected chi connectivity index (χ4v) is 3.90. The highest BCUT2D eigenvalue weighted by atomic mass is 19.1. The van der Waals surface area contributed by atoms with Crippen LogP contribution >= 0.6 is 0 Å². The Morgan fingerprint density at radius 3 is 2.79 bits per heavy atom. The molecule has 1 aromatic heterocycles. The standard InChI is InChI=1S/C26H32FN3O4/c1-17-13-30(18(2)16-31)26(33)23-11-20(9-8-19(3)32)12-28-25(23)34-24(17)15-29(4)14-21-6-5-7-22(27)10-21/h5-7,10-12,17-19,24,31-32H,13-16H2,1-4H3/t17-,18+,19-,24-/m0/s1. The van der Waals surface area contributed by atoms with Crippen molar-refractivity contribution in [1.82, 2.24) is 14.8 Å². The lowest BCUT2D eigenvalue weighted by Crippen LogP contribution is -2.49. The van der Waals surface area contributed by atoms with Crippen LogP contribution in [0.5, 0.6) is 5.88 Å². The van der Waals surface area contributed by atoms with Gasteiger partial charge in [-0.1, -0.05) is 30.9 Å². The third-order valence-electron chi connectivity index (χ3n) is 5.78. The number of fused-ring (bicyclic) bond motifs is 1. The van der Waals surface area contributed by atoms with Crippen LogP contribution in [0.1, 0.15) is 42.3 Å². The number of halogens is 1. The molecule has 0 saturated heterocycles. The molecule has 0 radical (unpaired) electrons. The van der Waals surface area contributed by atoms with Crippen LogP contribution < -0.4 is 4.74 Å². The van der Waals surface area contributed by atoms with E-state index in [1.54, 1.807) is 30.9 Å². The lowest BCUT2D eigenvalue weighted by atomic mass is 9.99. The fourth-order valence-electron chi connectivity index (χ4n) is 3.90. The molecule has 0 fully saturated rings. The van der Waals surface area contributed by atoms with E-state index in [1.165, 1.54) is 18.3 Å². The molecule has 1 amide bonds. The Labute approximate surface area is 200 Å². The molecule has 0 bridgehead atoms. The molecule has 8 heteroatoms. The maximum Gasteiger partial charge on any atom is 0.259 e. The highest BCUT2D eigenvalue weighted by Crippen LogP contribution is 2.27. The molecule has 2 N–H and O–H groups in total. The zero-order chi connectivity index (χ0) is 24.8. The van der Waals surface area contributed by atoms with Gasteiger partial charge in [0.05, 0.1) is 12.6 Å². The molecule has 34 heavy (non-hydrogen) atoms. The smallest absolute Gasteiger partial charge is 0.259 e. The monoisotopic (exact) mass is 469 g/mol. The van der Waals surface area contributed by atoms with Gasteiger partial charge in [-0.15, -0.1) is 0 Å². The molecule has 1 aromatic carbocycles. The second-order valence-corrected chi connectivity index (χ2v) is 8.97. The maximum absolute atomic E-state index is 13.6. The molecular weight excluding hydrogens is 437 g/mol. The van der Waals surface area contributed by atoms with E-state index in [2.05, 4.69) is 16.8 Å². The second-order valence-electron chi connectivity index (χ2n) is 8.97. The quantitative estimate of drug-likeness (QED) is 0.632. The van der Waals surface area contributed by atoms with Gasteiger partial charge in [0, 0.05) is 37.3 Å². The number of carbonyl (C=O) groups excluding carboxylic acids is 1. The number of pyridine rings is 1. The van der Waals surface area contributed by atoms with Crippen LogP contribution in [-0.4, -0.2) is 75.9 Å². The molecular formula is C26H32FN3O4. The van der Waals surface area contributed by atoms with Crippen LogP contribution in [0.2, 0.25) is 0 Å². The summed E-state index contributed by atoms with van der Waals surface area (Å²) in [6.07, 6.45) is 0.403. The van der Waals surface area contributed by atoms with Gasteiger partial charge in [0.25, 0.3) is 5.91 Å². The van der Waals surface area contributed by atoms with Crippen molar-refractivity contribution >= 4 is 5.91 Å². The largest absolute Gasteiger partial charge is 0.472 e. The molecule has 0 aliphatic carbocycles.